The first kappa shape index (κ1) is 20.8. The second-order valence-electron chi connectivity index (χ2n) is 7.90. The zero-order valence-electron chi connectivity index (χ0n) is 17.6. The molecular weight excluding hydrogens is 392 g/mol. The maximum Gasteiger partial charge on any atom is 0.131 e. The number of hydrogen-bond acceptors (Lipinski definition) is 5. The minimum absolute atomic E-state index is 0.618. The molecule has 30 heavy (non-hydrogen) atoms. The third-order valence-electron chi connectivity index (χ3n) is 5.60. The molecule has 3 aromatic rings. The number of benzene rings is 2. The van der Waals surface area contributed by atoms with Gasteiger partial charge in [-0.2, -0.15) is 0 Å². The van der Waals surface area contributed by atoms with Crippen molar-refractivity contribution in [3.63, 3.8) is 0 Å². The Labute approximate surface area is 181 Å². The van der Waals surface area contributed by atoms with Crippen molar-refractivity contribution in [3.8, 4) is 0 Å². The molecule has 4 rings (SSSR count). The van der Waals surface area contributed by atoms with E-state index in [-0.39, 0.29) is 0 Å². The van der Waals surface area contributed by atoms with E-state index < -0.39 is 10.8 Å². The number of nitrogens with two attached hydrogens (primary N) is 1. The van der Waals surface area contributed by atoms with E-state index in [1.807, 2.05) is 18.2 Å². The minimum Gasteiger partial charge on any atom is -0.384 e. The summed E-state index contributed by atoms with van der Waals surface area (Å²) in [7, 11) is -0.966. The van der Waals surface area contributed by atoms with E-state index in [1.165, 1.54) is 5.56 Å². The van der Waals surface area contributed by atoms with Gasteiger partial charge in [-0.3, -0.25) is 4.21 Å². The number of pyridine rings is 1. The lowest BCUT2D eigenvalue weighted by Crippen LogP contribution is -2.26. The number of unbranched alkanes of at least 4 members (excludes halogenated alkanes) is 2. The highest BCUT2D eigenvalue weighted by atomic mass is 32.2. The highest BCUT2D eigenvalue weighted by molar-refractivity contribution is 7.85. The van der Waals surface area contributed by atoms with E-state index in [1.54, 1.807) is 0 Å². The van der Waals surface area contributed by atoms with Gasteiger partial charge in [0.1, 0.15) is 5.82 Å². The lowest BCUT2D eigenvalue weighted by atomic mass is 10.1. The van der Waals surface area contributed by atoms with Crippen molar-refractivity contribution >= 4 is 33.2 Å². The van der Waals surface area contributed by atoms with E-state index in [4.69, 9.17) is 10.7 Å². The van der Waals surface area contributed by atoms with Crippen LogP contribution in [0.15, 0.2) is 53.4 Å². The average molecular weight is 423 g/mol. The quantitative estimate of drug-likeness (QED) is 0.558. The first-order valence-electron chi connectivity index (χ1n) is 10.7. The zero-order chi connectivity index (χ0) is 20.9. The number of aromatic nitrogens is 1. The van der Waals surface area contributed by atoms with Gasteiger partial charge >= 0.3 is 0 Å². The number of fused-ring (bicyclic) bond motifs is 2. The van der Waals surface area contributed by atoms with E-state index in [9.17, 15) is 4.21 Å². The summed E-state index contributed by atoms with van der Waals surface area (Å²) in [6.07, 6.45) is 3.29. The van der Waals surface area contributed by atoms with Crippen LogP contribution >= 0.6 is 0 Å². The van der Waals surface area contributed by atoms with Crippen LogP contribution in [0.2, 0.25) is 0 Å². The number of rotatable bonds is 7. The second-order valence-corrected chi connectivity index (χ2v) is 9.44. The second kappa shape index (κ2) is 9.58. The molecule has 1 aromatic heterocycles. The van der Waals surface area contributed by atoms with Crippen LogP contribution in [-0.2, 0) is 17.3 Å². The number of nitrogens with one attached hydrogen (secondary N) is 1. The summed E-state index contributed by atoms with van der Waals surface area (Å²) < 4.78 is 12.7. The first-order chi connectivity index (χ1) is 14.7. The molecule has 0 radical (unpaired) electrons. The van der Waals surface area contributed by atoms with Crippen LogP contribution in [0.25, 0.3) is 10.9 Å². The largest absolute Gasteiger partial charge is 0.384 e. The predicted molar refractivity (Wildman–Crippen MR) is 127 cm³/mol. The number of anilines is 2. The molecule has 0 saturated carbocycles. The molecule has 2 aromatic carbocycles. The monoisotopic (exact) mass is 422 g/mol. The fourth-order valence-electron chi connectivity index (χ4n) is 3.94. The van der Waals surface area contributed by atoms with Gasteiger partial charge in [-0.1, -0.05) is 36.2 Å². The Balaban J connectivity index is 1.65. The Morgan fingerprint density at radius 1 is 1.13 bits per heavy atom. The van der Waals surface area contributed by atoms with E-state index in [0.717, 1.165) is 78.3 Å². The van der Waals surface area contributed by atoms with E-state index in [2.05, 4.69) is 47.5 Å². The van der Waals surface area contributed by atoms with Gasteiger partial charge in [0.25, 0.3) is 0 Å². The third kappa shape index (κ3) is 4.65. The predicted octanol–water partition coefficient (Wildman–Crippen LogP) is 4.21. The summed E-state index contributed by atoms with van der Waals surface area (Å²) in [5.41, 5.74) is 10.1. The molecule has 6 heteroatoms. The standard InChI is InChI=1S/C24H30N4OS/c1-18-9-10-21-20(15-18)22(26-12-6-2-5-11-25)16-24(27-21)28-13-14-30(29)23-8-4-3-7-19(23)17-28/h3-4,7-10,15-16H,2,5-6,11-14,17,25H2,1H3,(H,26,27). The van der Waals surface area contributed by atoms with Crippen molar-refractivity contribution < 1.29 is 4.21 Å². The fourth-order valence-corrected chi connectivity index (χ4v) is 5.20. The maximum absolute atomic E-state index is 12.7. The molecule has 5 nitrogen and oxygen atoms in total. The van der Waals surface area contributed by atoms with Crippen LogP contribution in [0.1, 0.15) is 30.4 Å². The van der Waals surface area contributed by atoms with Gasteiger partial charge in [-0.25, -0.2) is 4.98 Å². The molecule has 1 aliphatic heterocycles. The smallest absolute Gasteiger partial charge is 0.131 e. The lowest BCUT2D eigenvalue weighted by molar-refractivity contribution is 0.683. The van der Waals surface area contributed by atoms with Crippen LogP contribution in [0.4, 0.5) is 11.5 Å². The number of hydrogen-bond donors (Lipinski definition) is 2. The molecule has 0 aliphatic carbocycles. The van der Waals surface area contributed by atoms with Crippen molar-refractivity contribution in [1.29, 1.82) is 0 Å². The van der Waals surface area contributed by atoms with Crippen LogP contribution < -0.4 is 16.0 Å². The van der Waals surface area contributed by atoms with Crippen LogP contribution in [0.3, 0.4) is 0 Å². The Morgan fingerprint density at radius 2 is 2.00 bits per heavy atom. The Hall–Kier alpha value is -2.44. The van der Waals surface area contributed by atoms with Crippen molar-refractivity contribution in [1.82, 2.24) is 4.98 Å². The molecule has 0 saturated heterocycles. The molecule has 0 spiro atoms. The molecule has 1 unspecified atom stereocenters. The van der Waals surface area contributed by atoms with Crippen molar-refractivity contribution in [2.24, 2.45) is 5.73 Å². The van der Waals surface area contributed by atoms with Gasteiger partial charge < -0.3 is 16.0 Å². The summed E-state index contributed by atoms with van der Waals surface area (Å²) in [6, 6.07) is 16.6. The molecule has 0 amide bonds. The lowest BCUT2D eigenvalue weighted by Gasteiger charge is -2.23. The maximum atomic E-state index is 12.7. The Kier molecular flexibility index (Phi) is 6.65. The molecule has 2 heterocycles. The van der Waals surface area contributed by atoms with Gasteiger partial charge in [0.05, 0.1) is 16.3 Å². The molecule has 158 valence electrons. The third-order valence-corrected chi connectivity index (χ3v) is 7.04. The summed E-state index contributed by atoms with van der Waals surface area (Å²) >= 11 is 0. The molecular formula is C24H30N4OS. The molecule has 0 bridgehead atoms. The Bertz CT molecular complexity index is 1050. The van der Waals surface area contributed by atoms with Gasteiger partial charge in [0, 0.05) is 47.4 Å². The zero-order valence-corrected chi connectivity index (χ0v) is 18.4. The topological polar surface area (TPSA) is 71.2 Å². The van der Waals surface area contributed by atoms with Gasteiger partial charge in [-0.05, 0) is 50.1 Å². The van der Waals surface area contributed by atoms with Crippen molar-refractivity contribution in [3.05, 3.63) is 59.7 Å². The molecule has 0 fully saturated rings. The summed E-state index contributed by atoms with van der Waals surface area (Å²) in [4.78, 5) is 8.17. The number of aryl methyl sites for hydroxylation is 1. The van der Waals surface area contributed by atoms with Gasteiger partial charge in [0.15, 0.2) is 0 Å². The van der Waals surface area contributed by atoms with Crippen LogP contribution in [0, 0.1) is 6.92 Å². The van der Waals surface area contributed by atoms with Gasteiger partial charge in [-0.15, -0.1) is 0 Å². The first-order valence-corrected chi connectivity index (χ1v) is 12.0. The number of nitrogens with zero attached hydrogens (tertiary/aromatic N) is 2. The van der Waals surface area contributed by atoms with Crippen LogP contribution in [-0.4, -0.2) is 34.6 Å². The summed E-state index contributed by atoms with van der Waals surface area (Å²) in [5.74, 6) is 1.55. The van der Waals surface area contributed by atoms with E-state index >= 15 is 0 Å². The normalized spacial score (nSPS) is 16.3. The summed E-state index contributed by atoms with van der Waals surface area (Å²) in [6.45, 7) is 5.22. The Morgan fingerprint density at radius 3 is 2.87 bits per heavy atom. The molecule has 1 aliphatic rings. The highest BCUT2D eigenvalue weighted by Gasteiger charge is 2.21. The average Bonchev–Trinajstić information content (AvgIpc) is 2.93. The minimum atomic E-state index is -0.966. The van der Waals surface area contributed by atoms with Crippen LogP contribution in [0.5, 0.6) is 0 Å². The SMILES string of the molecule is Cc1ccc2nc(N3CCS(=O)c4ccccc4C3)cc(NCCCCCN)c2c1. The molecule has 3 N–H and O–H groups in total. The summed E-state index contributed by atoms with van der Waals surface area (Å²) in [5, 5.41) is 4.78. The fraction of sp³-hybridized carbons (Fsp3) is 0.375. The van der Waals surface area contributed by atoms with Gasteiger partial charge in [0.2, 0.25) is 0 Å². The molecule has 1 atom stereocenters. The van der Waals surface area contributed by atoms with E-state index in [0.29, 0.717) is 5.75 Å². The van der Waals surface area contributed by atoms with Crippen molar-refractivity contribution in [2.45, 2.75) is 37.6 Å². The highest BCUT2D eigenvalue weighted by Crippen LogP contribution is 2.30. The van der Waals surface area contributed by atoms with Crippen molar-refractivity contribution in [2.75, 3.05) is 35.6 Å².